The van der Waals surface area contributed by atoms with Crippen molar-refractivity contribution in [1.82, 2.24) is 0 Å². The van der Waals surface area contributed by atoms with E-state index in [0.717, 1.165) is 24.7 Å². The first kappa shape index (κ1) is 82.3. The fraction of sp³-hybridized carbons (Fsp3) is 0.364. The van der Waals surface area contributed by atoms with Crippen molar-refractivity contribution in [3.05, 3.63) is 308 Å². The first-order valence-corrected chi connectivity index (χ1v) is 41.6. The van der Waals surface area contributed by atoms with Gasteiger partial charge < -0.3 is 0 Å². The highest BCUT2D eigenvalue weighted by Crippen LogP contribution is 2.42. The molecule has 4 heteroatoms. The van der Waals surface area contributed by atoms with Crippen LogP contribution in [0, 0.1) is 80.1 Å². The van der Waals surface area contributed by atoms with Crippen molar-refractivity contribution in [2.75, 3.05) is 0 Å². The maximum Gasteiger partial charge on any atom is 0.212 e. The quantitative estimate of drug-likeness (QED) is 0.102. The van der Waals surface area contributed by atoms with Gasteiger partial charge in [0.15, 0.2) is 24.8 Å². The lowest BCUT2D eigenvalue weighted by atomic mass is 9.82. The second kappa shape index (κ2) is 36.2. The Kier molecular flexibility index (Phi) is 26.9. The van der Waals surface area contributed by atoms with Gasteiger partial charge in [-0.25, -0.2) is 18.3 Å². The number of hydrogen-bond acceptors (Lipinski definition) is 0. The molecule has 12 aromatic rings. The van der Waals surface area contributed by atoms with Gasteiger partial charge in [0.25, 0.3) is 0 Å². The van der Waals surface area contributed by atoms with Crippen molar-refractivity contribution in [1.29, 1.82) is 0 Å². The Morgan fingerprint density at radius 1 is 0.297 bits per heavy atom. The lowest BCUT2D eigenvalue weighted by Crippen LogP contribution is -2.33. The smallest absolute Gasteiger partial charge is 0.201 e. The lowest BCUT2D eigenvalue weighted by Gasteiger charge is -2.23. The van der Waals surface area contributed by atoms with E-state index in [1.165, 1.54) is 232 Å². The summed E-state index contributed by atoms with van der Waals surface area (Å²) in [6, 6.07) is 73.7. The van der Waals surface area contributed by atoms with E-state index >= 15 is 0 Å². The highest BCUT2D eigenvalue weighted by molar-refractivity contribution is 5.82. The summed E-state index contributed by atoms with van der Waals surface area (Å²) in [4.78, 5) is 0. The van der Waals surface area contributed by atoms with E-state index in [2.05, 4.69) is 396 Å². The van der Waals surface area contributed by atoms with Crippen LogP contribution in [0.3, 0.4) is 0 Å². The van der Waals surface area contributed by atoms with E-state index in [1.54, 1.807) is 5.56 Å². The van der Waals surface area contributed by atoms with Crippen molar-refractivity contribution >= 4 is 0 Å². The summed E-state index contributed by atoms with van der Waals surface area (Å²) in [6.45, 7) is 40.8. The van der Waals surface area contributed by atoms with Crippen molar-refractivity contribution in [2.45, 2.75) is 219 Å². The maximum absolute atomic E-state index is 2.48. The maximum atomic E-state index is 2.48. The summed E-state index contributed by atoms with van der Waals surface area (Å²) in [7, 11) is 8.69. The SMILES string of the molecule is Cc1c[n+](C)c(-c2cccc(-c3ccccc3C)c2C)cc1CC(C)(C)C.Cc1ccccc1-c1cccc(-c2cc(C3CCCCC3)c(C)c[n+]2C)c1C.Cc1ccccc1-c1cccc(-c2cc(C3CCCCC3)cc[n+]2C)c1C.Cc1ccccc1-c1cccc(-c2cc(CC(C)(C)C)c(C(C)C)c[n+]2C)c1C. The van der Waals surface area contributed by atoms with Gasteiger partial charge in [-0.3, -0.25) is 0 Å². The third-order valence-electron chi connectivity index (χ3n) is 24.0. The molecule has 0 unspecified atom stereocenters. The second-order valence-corrected chi connectivity index (χ2v) is 35.6. The van der Waals surface area contributed by atoms with Gasteiger partial charge in [-0.05, 0) is 272 Å². The van der Waals surface area contributed by atoms with E-state index in [9.17, 15) is 0 Å². The Hall–Kier alpha value is -9.64. The molecule has 0 amide bonds. The monoisotopic (exact) mass is 1470 g/mol. The van der Waals surface area contributed by atoms with Crippen LogP contribution in [0.15, 0.2) is 225 Å². The molecule has 2 aliphatic carbocycles. The van der Waals surface area contributed by atoms with Crippen LogP contribution in [0.2, 0.25) is 0 Å². The topological polar surface area (TPSA) is 15.5 Å². The molecule has 4 heterocycles. The van der Waals surface area contributed by atoms with Crippen LogP contribution in [-0.4, -0.2) is 0 Å². The Bertz CT molecular complexity index is 5240. The number of nitrogens with zero attached hydrogens (tertiary/aromatic N) is 4. The zero-order valence-electron chi connectivity index (χ0n) is 71.9. The largest absolute Gasteiger partial charge is 0.212 e. The first-order valence-electron chi connectivity index (χ1n) is 41.6. The molecule has 0 atom stereocenters. The van der Waals surface area contributed by atoms with Crippen molar-refractivity contribution in [3.8, 4) is 89.5 Å². The number of aryl methyl sites for hydroxylation is 10. The summed E-state index contributed by atoms with van der Waals surface area (Å²) in [5.74, 6) is 1.99. The molecular formula is C107H130N4+4. The lowest BCUT2D eigenvalue weighted by molar-refractivity contribution is -0.661. The van der Waals surface area contributed by atoms with Gasteiger partial charge in [-0.1, -0.05) is 240 Å². The molecule has 0 radical (unpaired) electrons. The van der Waals surface area contributed by atoms with Gasteiger partial charge in [0.05, 0.1) is 0 Å². The molecular weight excluding hydrogens is 1340 g/mol. The summed E-state index contributed by atoms with van der Waals surface area (Å²) >= 11 is 0. The number of pyridine rings is 4. The Morgan fingerprint density at radius 2 is 0.604 bits per heavy atom. The van der Waals surface area contributed by atoms with Crippen LogP contribution in [0.25, 0.3) is 89.5 Å². The van der Waals surface area contributed by atoms with Crippen molar-refractivity contribution in [2.24, 2.45) is 39.0 Å². The minimum atomic E-state index is 0.263. The van der Waals surface area contributed by atoms with Crippen LogP contribution < -0.4 is 18.3 Å². The average Bonchev–Trinajstić information content (AvgIpc) is 0.792. The van der Waals surface area contributed by atoms with E-state index in [0.29, 0.717) is 5.92 Å². The van der Waals surface area contributed by atoms with E-state index in [-0.39, 0.29) is 10.8 Å². The number of benzene rings is 8. The Morgan fingerprint density at radius 3 is 0.973 bits per heavy atom. The van der Waals surface area contributed by atoms with Crippen LogP contribution in [0.1, 0.15) is 221 Å². The van der Waals surface area contributed by atoms with Gasteiger partial charge in [0, 0.05) is 69.3 Å². The molecule has 0 N–H and O–H groups in total. The molecule has 2 fully saturated rings. The standard InChI is InChI=1S/C28H36N.C27H32N.C26H30N.C26H32N/c1-19(2)26-18-29(8)27(16-22(26)17-28(5,6)7)25-15-11-14-24(21(25)4)23-13-10-9-12-20(23)3;1-19-11-8-9-14-23(19)24-15-10-16-25(21(24)3)27-17-26(20(2)18-28(27)4)22-12-6-5-7-13-22;1-19-10-7-8-13-23(19)24-14-9-15-25(20(24)2)26-18-22(16-17-27(26)3)21-11-5-4-6-12-21;1-18-11-8-9-12-22(18)23-13-10-14-24(20(23)3)25-15-21(16-26(4,5)6)19(2)17-27(25)7/h9-16,18-19H,17H2,1-8H3;8-11,14-18,22H,5-7,12-13H2,1-4H3;7-10,13-18,21H,4-6,11-12H2,1-3H3;8-15,17H,16H2,1-7H3/q4*+1. The minimum Gasteiger partial charge on any atom is -0.201 e. The molecule has 0 spiro atoms. The molecule has 4 nitrogen and oxygen atoms in total. The van der Waals surface area contributed by atoms with E-state index in [1.807, 2.05) is 0 Å². The molecule has 0 aliphatic heterocycles. The van der Waals surface area contributed by atoms with Gasteiger partial charge in [-0.15, -0.1) is 0 Å². The molecule has 574 valence electrons. The van der Waals surface area contributed by atoms with Gasteiger partial charge >= 0.3 is 0 Å². The number of rotatable bonds is 13. The molecule has 4 aromatic heterocycles. The average molecular weight is 1470 g/mol. The molecule has 0 bridgehead atoms. The third-order valence-corrected chi connectivity index (χ3v) is 24.0. The zero-order valence-corrected chi connectivity index (χ0v) is 71.9. The van der Waals surface area contributed by atoms with Crippen LogP contribution in [0.4, 0.5) is 0 Å². The normalized spacial score (nSPS) is 13.4. The van der Waals surface area contributed by atoms with Gasteiger partial charge in [-0.2, -0.15) is 0 Å². The summed E-state index contributed by atoms with van der Waals surface area (Å²) < 4.78 is 9.17. The van der Waals surface area contributed by atoms with Crippen molar-refractivity contribution < 1.29 is 18.3 Å². The Labute approximate surface area is 670 Å². The summed E-state index contributed by atoms with van der Waals surface area (Å²) in [5, 5.41) is 0. The van der Waals surface area contributed by atoms with Crippen LogP contribution >= 0.6 is 0 Å². The predicted octanol–water partition coefficient (Wildman–Crippen LogP) is 26.9. The van der Waals surface area contributed by atoms with Crippen LogP contribution in [-0.2, 0) is 41.0 Å². The van der Waals surface area contributed by atoms with Crippen molar-refractivity contribution in [3.63, 3.8) is 0 Å². The summed E-state index contributed by atoms with van der Waals surface area (Å²) in [5.41, 5.74) is 42.7. The van der Waals surface area contributed by atoms with Gasteiger partial charge in [0.2, 0.25) is 22.8 Å². The highest BCUT2D eigenvalue weighted by Gasteiger charge is 2.28. The first-order chi connectivity index (χ1) is 53.0. The summed E-state index contributed by atoms with van der Waals surface area (Å²) in [6.07, 6.45) is 25.1. The molecule has 2 saturated carbocycles. The van der Waals surface area contributed by atoms with Gasteiger partial charge in [0.1, 0.15) is 28.2 Å². The highest BCUT2D eigenvalue weighted by atomic mass is 14.9. The fourth-order valence-electron chi connectivity index (χ4n) is 17.9. The minimum absolute atomic E-state index is 0.263. The van der Waals surface area contributed by atoms with E-state index < -0.39 is 0 Å². The fourth-order valence-corrected chi connectivity index (χ4v) is 17.9. The Balaban J connectivity index is 0.000000147. The van der Waals surface area contributed by atoms with E-state index in [4.69, 9.17) is 0 Å². The third kappa shape index (κ3) is 19.8. The molecule has 8 aromatic carbocycles. The second-order valence-electron chi connectivity index (χ2n) is 35.6. The molecule has 0 saturated heterocycles. The molecule has 14 rings (SSSR count). The molecule has 2 aliphatic rings. The van der Waals surface area contributed by atoms with Crippen LogP contribution in [0.5, 0.6) is 0 Å². The number of aromatic nitrogens is 4. The molecule has 111 heavy (non-hydrogen) atoms. The zero-order chi connectivity index (χ0) is 79.6. The number of hydrogen-bond donors (Lipinski definition) is 0. The predicted molar refractivity (Wildman–Crippen MR) is 473 cm³/mol.